The SMILES string of the molecule is C1CCCCC1.C1CCCCC1.CCCC(=O)[O-].CCCC(=O)[O-].[Pb+2]. The standard InChI is InChI=1S/2C6H12.2C4H8O2.Pb/c2*1-2-4-6-5-3-1;2*1-2-3-4(5)6;/h2*1-6H2;2*2-3H2,1H3,(H,5,6);/q;;;;+2/p-2. The molecule has 0 amide bonds. The first-order valence-electron chi connectivity index (χ1n) is 9.94. The van der Waals surface area contributed by atoms with Crippen LogP contribution < -0.4 is 10.2 Å². The first kappa shape index (κ1) is 29.6. The number of carboxylic acid groups (broad SMARTS) is 2. The van der Waals surface area contributed by atoms with Gasteiger partial charge in [-0.2, -0.15) is 0 Å². The molecule has 2 rings (SSSR count). The molecule has 0 spiro atoms. The molecule has 0 aromatic carbocycles. The van der Waals surface area contributed by atoms with E-state index in [2.05, 4.69) is 0 Å². The summed E-state index contributed by atoms with van der Waals surface area (Å²) in [6, 6.07) is 0. The molecule has 0 N–H and O–H groups in total. The van der Waals surface area contributed by atoms with E-state index in [1.165, 1.54) is 77.0 Å². The second-order valence-corrected chi connectivity index (χ2v) is 6.49. The fourth-order valence-corrected chi connectivity index (χ4v) is 2.53. The molecule has 2 aliphatic carbocycles. The maximum Gasteiger partial charge on any atom is 2.00 e. The number of rotatable bonds is 4. The van der Waals surface area contributed by atoms with Gasteiger partial charge in [0, 0.05) is 11.9 Å². The Morgan fingerprint density at radius 1 is 0.560 bits per heavy atom. The molecule has 25 heavy (non-hydrogen) atoms. The molecule has 2 saturated carbocycles. The molecule has 5 heteroatoms. The summed E-state index contributed by atoms with van der Waals surface area (Å²) >= 11 is 0. The van der Waals surface area contributed by atoms with Gasteiger partial charge in [0.2, 0.25) is 0 Å². The number of carbonyl (C=O) groups excluding carboxylic acids is 2. The molecular formula is C20H38O4Pb. The van der Waals surface area contributed by atoms with Crippen LogP contribution in [0.5, 0.6) is 0 Å². The van der Waals surface area contributed by atoms with Gasteiger partial charge in [0.15, 0.2) is 0 Å². The first-order chi connectivity index (χ1) is 11.5. The Kier molecular flexibility index (Phi) is 30.9. The number of aliphatic carboxylic acids is 2. The van der Waals surface area contributed by atoms with Gasteiger partial charge in [0.25, 0.3) is 0 Å². The minimum Gasteiger partial charge on any atom is -0.550 e. The second kappa shape index (κ2) is 26.1. The van der Waals surface area contributed by atoms with Crippen LogP contribution in [0.3, 0.4) is 0 Å². The molecule has 146 valence electrons. The second-order valence-electron chi connectivity index (χ2n) is 6.49. The maximum atomic E-state index is 9.49. The summed E-state index contributed by atoms with van der Waals surface area (Å²) in [7, 11) is 0. The smallest absolute Gasteiger partial charge is 0.550 e. The summed E-state index contributed by atoms with van der Waals surface area (Å²) in [4.78, 5) is 19.0. The van der Waals surface area contributed by atoms with Gasteiger partial charge in [-0.3, -0.25) is 0 Å². The van der Waals surface area contributed by atoms with Gasteiger partial charge in [-0.25, -0.2) is 0 Å². The van der Waals surface area contributed by atoms with E-state index in [9.17, 15) is 19.8 Å². The van der Waals surface area contributed by atoms with E-state index >= 15 is 0 Å². The molecule has 4 nitrogen and oxygen atoms in total. The molecule has 2 aliphatic rings. The average molecular weight is 550 g/mol. The van der Waals surface area contributed by atoms with E-state index in [0.717, 1.165) is 0 Å². The summed E-state index contributed by atoms with van der Waals surface area (Å²) in [6.45, 7) is 3.60. The average Bonchev–Trinajstić information content (AvgIpc) is 2.59. The fourth-order valence-electron chi connectivity index (χ4n) is 2.53. The molecule has 0 heterocycles. The predicted molar refractivity (Wildman–Crippen MR) is 101 cm³/mol. The molecular weight excluding hydrogens is 511 g/mol. The summed E-state index contributed by atoms with van der Waals surface area (Å²) < 4.78 is 0. The topological polar surface area (TPSA) is 80.3 Å². The monoisotopic (exact) mass is 550 g/mol. The Labute approximate surface area is 175 Å². The van der Waals surface area contributed by atoms with Crippen LogP contribution in [-0.4, -0.2) is 39.2 Å². The van der Waals surface area contributed by atoms with Crippen molar-refractivity contribution in [1.82, 2.24) is 0 Å². The van der Waals surface area contributed by atoms with E-state index in [1.807, 2.05) is 0 Å². The minimum absolute atomic E-state index is 0. The van der Waals surface area contributed by atoms with E-state index in [0.29, 0.717) is 12.8 Å². The zero-order valence-corrected chi connectivity index (χ0v) is 20.3. The number of carboxylic acids is 2. The quantitative estimate of drug-likeness (QED) is 0.504. The van der Waals surface area contributed by atoms with Crippen molar-refractivity contribution in [3.8, 4) is 0 Å². The van der Waals surface area contributed by atoms with Crippen molar-refractivity contribution in [2.45, 2.75) is 117 Å². The van der Waals surface area contributed by atoms with Gasteiger partial charge in [-0.05, 0) is 12.8 Å². The van der Waals surface area contributed by atoms with Crippen LogP contribution in [0.2, 0.25) is 0 Å². The molecule has 0 aromatic rings. The van der Waals surface area contributed by atoms with Crippen molar-refractivity contribution in [1.29, 1.82) is 0 Å². The predicted octanol–water partition coefficient (Wildman–Crippen LogP) is 3.37. The molecule has 2 fully saturated rings. The van der Waals surface area contributed by atoms with Crippen molar-refractivity contribution in [2.24, 2.45) is 0 Å². The van der Waals surface area contributed by atoms with Crippen molar-refractivity contribution in [2.75, 3.05) is 0 Å². The van der Waals surface area contributed by atoms with Crippen LogP contribution in [0.4, 0.5) is 0 Å². The van der Waals surface area contributed by atoms with E-state index in [-0.39, 0.29) is 40.1 Å². The maximum absolute atomic E-state index is 9.49. The zero-order valence-electron chi connectivity index (χ0n) is 16.4. The molecule has 0 unspecified atom stereocenters. The molecule has 0 bridgehead atoms. The van der Waals surface area contributed by atoms with Crippen LogP contribution in [0.15, 0.2) is 0 Å². The first-order valence-corrected chi connectivity index (χ1v) is 9.94. The van der Waals surface area contributed by atoms with Crippen LogP contribution in [0, 0.1) is 0 Å². The molecule has 0 saturated heterocycles. The minimum atomic E-state index is -0.961. The van der Waals surface area contributed by atoms with Crippen molar-refractivity contribution < 1.29 is 19.8 Å². The Morgan fingerprint density at radius 3 is 0.760 bits per heavy atom. The summed E-state index contributed by atoms with van der Waals surface area (Å²) in [5, 5.41) is 19.0. The van der Waals surface area contributed by atoms with Crippen LogP contribution in [-0.2, 0) is 9.59 Å². The molecule has 0 aromatic heterocycles. The molecule has 0 aliphatic heterocycles. The van der Waals surface area contributed by atoms with E-state index < -0.39 is 11.9 Å². The number of carbonyl (C=O) groups is 2. The third kappa shape index (κ3) is 35.7. The largest absolute Gasteiger partial charge is 2.00 e. The van der Waals surface area contributed by atoms with Gasteiger partial charge >= 0.3 is 27.3 Å². The summed E-state index contributed by atoms with van der Waals surface area (Å²) in [5.74, 6) is -1.92. The molecule has 0 atom stereocenters. The van der Waals surface area contributed by atoms with Crippen molar-refractivity contribution in [3.05, 3.63) is 0 Å². The van der Waals surface area contributed by atoms with Crippen LogP contribution >= 0.6 is 0 Å². The van der Waals surface area contributed by atoms with Crippen molar-refractivity contribution in [3.63, 3.8) is 0 Å². The normalized spacial score (nSPS) is 15.4. The van der Waals surface area contributed by atoms with Crippen LogP contribution in [0.1, 0.15) is 117 Å². The number of hydrogen-bond acceptors (Lipinski definition) is 4. The summed E-state index contributed by atoms with van der Waals surface area (Å²) in [6.07, 6.45) is 19.7. The number of hydrogen-bond donors (Lipinski definition) is 0. The Morgan fingerprint density at radius 2 is 0.720 bits per heavy atom. The van der Waals surface area contributed by atoms with Crippen molar-refractivity contribution >= 4 is 39.2 Å². The fraction of sp³-hybridized carbons (Fsp3) is 0.900. The van der Waals surface area contributed by atoms with E-state index in [4.69, 9.17) is 0 Å². The van der Waals surface area contributed by atoms with Gasteiger partial charge in [0.05, 0.1) is 0 Å². The van der Waals surface area contributed by atoms with Gasteiger partial charge in [0.1, 0.15) is 0 Å². The van der Waals surface area contributed by atoms with E-state index in [1.54, 1.807) is 13.8 Å². The Balaban J connectivity index is -0.000000255. The zero-order chi connectivity index (χ0) is 18.5. The summed E-state index contributed by atoms with van der Waals surface area (Å²) in [5.41, 5.74) is 0. The third-order valence-electron chi connectivity index (χ3n) is 3.91. The van der Waals surface area contributed by atoms with Gasteiger partial charge in [-0.1, -0.05) is 104 Å². The van der Waals surface area contributed by atoms with Gasteiger partial charge < -0.3 is 19.8 Å². The third-order valence-corrected chi connectivity index (χ3v) is 3.91. The van der Waals surface area contributed by atoms with Gasteiger partial charge in [-0.15, -0.1) is 0 Å². The molecule has 2 radical (unpaired) electrons. The Bertz CT molecular complexity index is 224. The van der Waals surface area contributed by atoms with Crippen LogP contribution in [0.25, 0.3) is 0 Å². The Hall–Kier alpha value is -0.138.